The fourth-order valence-electron chi connectivity index (χ4n) is 2.97. The molecule has 1 aliphatic carbocycles. The zero-order chi connectivity index (χ0) is 17.0. The van der Waals surface area contributed by atoms with Crippen molar-refractivity contribution < 1.29 is 19.4 Å². The van der Waals surface area contributed by atoms with Crippen molar-refractivity contribution in [2.45, 2.75) is 32.7 Å². The predicted molar refractivity (Wildman–Crippen MR) is 87.3 cm³/mol. The first-order valence-corrected chi connectivity index (χ1v) is 7.76. The minimum atomic E-state index is -0.921. The number of rotatable bonds is 5. The van der Waals surface area contributed by atoms with Crippen LogP contribution in [0.4, 0.5) is 0 Å². The monoisotopic (exact) mass is 317 g/mol. The summed E-state index contributed by atoms with van der Waals surface area (Å²) in [4.78, 5) is 23.9. The molecule has 5 heteroatoms. The average Bonchev–Trinajstić information content (AvgIpc) is 2.54. The van der Waals surface area contributed by atoms with E-state index < -0.39 is 17.8 Å². The van der Waals surface area contributed by atoms with Gasteiger partial charge in [0.05, 0.1) is 25.0 Å². The highest BCUT2D eigenvalue weighted by molar-refractivity contribution is 5.85. The number of ether oxygens (including phenoxy) is 1. The number of methoxy groups -OCH3 is 1. The molecule has 0 bridgehead atoms. The number of carbonyl (C=O) groups is 2. The van der Waals surface area contributed by atoms with Crippen molar-refractivity contribution in [2.24, 2.45) is 11.8 Å². The smallest absolute Gasteiger partial charge is 0.307 e. The Labute approximate surface area is 136 Å². The molecular weight excluding hydrogens is 294 g/mol. The molecule has 124 valence electrons. The van der Waals surface area contributed by atoms with Crippen molar-refractivity contribution in [1.82, 2.24) is 5.32 Å². The number of carbonyl (C=O) groups excluding carboxylic acids is 1. The second kappa shape index (κ2) is 7.31. The third kappa shape index (κ3) is 3.92. The lowest BCUT2D eigenvalue weighted by Crippen LogP contribution is -2.39. The SMILES string of the molecule is COc1ccc(C)cc1[C@H](C)NC(=O)[C@@H]1CC=CC[C@H]1C(=O)O. The van der Waals surface area contributed by atoms with E-state index in [1.165, 1.54) is 0 Å². The van der Waals surface area contributed by atoms with Crippen molar-refractivity contribution in [3.63, 3.8) is 0 Å². The van der Waals surface area contributed by atoms with Gasteiger partial charge in [-0.1, -0.05) is 29.8 Å². The molecule has 1 aromatic rings. The van der Waals surface area contributed by atoms with E-state index in [4.69, 9.17) is 4.74 Å². The number of amides is 1. The maximum absolute atomic E-state index is 12.5. The van der Waals surface area contributed by atoms with Crippen LogP contribution >= 0.6 is 0 Å². The first-order chi connectivity index (χ1) is 10.9. The summed E-state index contributed by atoms with van der Waals surface area (Å²) in [5.41, 5.74) is 1.96. The Morgan fingerprint density at radius 1 is 1.26 bits per heavy atom. The van der Waals surface area contributed by atoms with Gasteiger partial charge in [-0.25, -0.2) is 0 Å². The zero-order valence-corrected chi connectivity index (χ0v) is 13.7. The fourth-order valence-corrected chi connectivity index (χ4v) is 2.97. The molecular formula is C18H23NO4. The molecule has 1 aromatic carbocycles. The topological polar surface area (TPSA) is 75.6 Å². The van der Waals surface area contributed by atoms with Crippen LogP contribution in [0.5, 0.6) is 5.75 Å². The molecule has 0 saturated carbocycles. The molecule has 0 spiro atoms. The van der Waals surface area contributed by atoms with E-state index in [2.05, 4.69) is 5.32 Å². The molecule has 0 saturated heterocycles. The lowest BCUT2D eigenvalue weighted by molar-refractivity contribution is -0.147. The van der Waals surface area contributed by atoms with Gasteiger partial charge in [0.25, 0.3) is 0 Å². The molecule has 0 aromatic heterocycles. The second-order valence-electron chi connectivity index (χ2n) is 5.97. The summed E-state index contributed by atoms with van der Waals surface area (Å²) in [5, 5.41) is 12.2. The summed E-state index contributed by atoms with van der Waals surface area (Å²) in [6.07, 6.45) is 4.56. The molecule has 23 heavy (non-hydrogen) atoms. The number of hydrogen-bond donors (Lipinski definition) is 2. The lowest BCUT2D eigenvalue weighted by Gasteiger charge is -2.26. The van der Waals surface area contributed by atoms with E-state index >= 15 is 0 Å². The van der Waals surface area contributed by atoms with Crippen LogP contribution in [-0.2, 0) is 9.59 Å². The van der Waals surface area contributed by atoms with E-state index in [-0.39, 0.29) is 11.9 Å². The van der Waals surface area contributed by atoms with E-state index in [1.807, 2.05) is 44.2 Å². The first kappa shape index (κ1) is 17.1. The average molecular weight is 317 g/mol. The maximum atomic E-state index is 12.5. The summed E-state index contributed by atoms with van der Waals surface area (Å²) in [6, 6.07) is 5.54. The summed E-state index contributed by atoms with van der Waals surface area (Å²) < 4.78 is 5.35. The number of benzene rings is 1. The Hall–Kier alpha value is -2.30. The normalized spacial score (nSPS) is 21.5. The number of nitrogens with one attached hydrogen (secondary N) is 1. The van der Waals surface area contributed by atoms with Gasteiger partial charge in [-0.15, -0.1) is 0 Å². The quantitative estimate of drug-likeness (QED) is 0.819. The molecule has 0 aliphatic heterocycles. The molecule has 1 aliphatic rings. The molecule has 3 atom stereocenters. The van der Waals surface area contributed by atoms with Gasteiger partial charge in [-0.3, -0.25) is 9.59 Å². The molecule has 0 fully saturated rings. The third-order valence-electron chi connectivity index (χ3n) is 4.30. The highest BCUT2D eigenvalue weighted by Gasteiger charge is 2.34. The first-order valence-electron chi connectivity index (χ1n) is 7.76. The van der Waals surface area contributed by atoms with Crippen LogP contribution < -0.4 is 10.1 Å². The predicted octanol–water partition coefficient (Wildman–Crippen LogP) is 2.85. The van der Waals surface area contributed by atoms with Crippen LogP contribution in [-0.4, -0.2) is 24.1 Å². The molecule has 5 nitrogen and oxygen atoms in total. The summed E-state index contributed by atoms with van der Waals surface area (Å²) in [5.74, 6) is -1.63. The zero-order valence-electron chi connectivity index (χ0n) is 13.7. The molecule has 2 rings (SSSR count). The van der Waals surface area contributed by atoms with Crippen molar-refractivity contribution in [3.8, 4) is 5.75 Å². The van der Waals surface area contributed by atoms with Crippen molar-refractivity contribution >= 4 is 11.9 Å². The third-order valence-corrected chi connectivity index (χ3v) is 4.30. The Kier molecular flexibility index (Phi) is 5.42. The van der Waals surface area contributed by atoms with Gasteiger partial charge >= 0.3 is 5.97 Å². The van der Waals surface area contributed by atoms with Gasteiger partial charge < -0.3 is 15.2 Å². The molecule has 1 amide bonds. The van der Waals surface area contributed by atoms with Crippen molar-refractivity contribution in [1.29, 1.82) is 0 Å². The fraction of sp³-hybridized carbons (Fsp3) is 0.444. The van der Waals surface area contributed by atoms with Gasteiger partial charge in [-0.05, 0) is 32.8 Å². The Balaban J connectivity index is 2.14. The van der Waals surface area contributed by atoms with Crippen LogP contribution in [0.15, 0.2) is 30.4 Å². The van der Waals surface area contributed by atoms with Gasteiger partial charge in [-0.2, -0.15) is 0 Å². The van der Waals surface area contributed by atoms with E-state index in [9.17, 15) is 14.7 Å². The van der Waals surface area contributed by atoms with Crippen LogP contribution in [0.2, 0.25) is 0 Å². The van der Waals surface area contributed by atoms with Gasteiger partial charge in [0.2, 0.25) is 5.91 Å². The molecule has 0 radical (unpaired) electrons. The van der Waals surface area contributed by atoms with Crippen molar-refractivity contribution in [2.75, 3.05) is 7.11 Å². The van der Waals surface area contributed by atoms with E-state index in [1.54, 1.807) is 7.11 Å². The summed E-state index contributed by atoms with van der Waals surface area (Å²) in [6.45, 7) is 3.85. The lowest BCUT2D eigenvalue weighted by atomic mass is 9.82. The standard InChI is InChI=1S/C18H23NO4/c1-11-8-9-16(23-3)15(10-11)12(2)19-17(20)13-6-4-5-7-14(13)18(21)22/h4-5,8-10,12-14H,6-7H2,1-3H3,(H,19,20)(H,21,22)/t12-,13+,14+/m0/s1. The largest absolute Gasteiger partial charge is 0.496 e. The van der Waals surface area contributed by atoms with Gasteiger partial charge in [0, 0.05) is 5.56 Å². The Morgan fingerprint density at radius 3 is 2.52 bits per heavy atom. The molecule has 0 heterocycles. The Morgan fingerprint density at radius 2 is 1.91 bits per heavy atom. The number of allylic oxidation sites excluding steroid dienone is 2. The molecule has 2 N–H and O–H groups in total. The van der Waals surface area contributed by atoms with Gasteiger partial charge in [0.1, 0.15) is 5.75 Å². The Bertz CT molecular complexity index is 623. The van der Waals surface area contributed by atoms with E-state index in [0.717, 1.165) is 11.1 Å². The summed E-state index contributed by atoms with van der Waals surface area (Å²) >= 11 is 0. The minimum Gasteiger partial charge on any atom is -0.496 e. The number of carboxylic acids is 1. The van der Waals surface area contributed by atoms with Gasteiger partial charge in [0.15, 0.2) is 0 Å². The number of carboxylic acid groups (broad SMARTS) is 1. The molecule has 0 unspecified atom stereocenters. The van der Waals surface area contributed by atoms with Crippen LogP contribution in [0, 0.1) is 18.8 Å². The highest BCUT2D eigenvalue weighted by atomic mass is 16.5. The maximum Gasteiger partial charge on any atom is 0.307 e. The van der Waals surface area contributed by atoms with E-state index in [0.29, 0.717) is 18.6 Å². The van der Waals surface area contributed by atoms with Crippen LogP contribution in [0.1, 0.15) is 36.9 Å². The minimum absolute atomic E-state index is 0.224. The second-order valence-corrected chi connectivity index (χ2v) is 5.97. The van der Waals surface area contributed by atoms with Crippen LogP contribution in [0.25, 0.3) is 0 Å². The summed E-state index contributed by atoms with van der Waals surface area (Å²) in [7, 11) is 1.59. The number of aliphatic carboxylic acids is 1. The number of hydrogen-bond acceptors (Lipinski definition) is 3. The highest BCUT2D eigenvalue weighted by Crippen LogP contribution is 2.29. The van der Waals surface area contributed by atoms with Crippen LogP contribution in [0.3, 0.4) is 0 Å². The number of aryl methyl sites for hydroxylation is 1. The van der Waals surface area contributed by atoms with Crippen molar-refractivity contribution in [3.05, 3.63) is 41.5 Å².